The molecule has 1 aliphatic heterocycles. The van der Waals surface area contributed by atoms with Gasteiger partial charge in [0, 0.05) is 25.3 Å². The summed E-state index contributed by atoms with van der Waals surface area (Å²) in [5.41, 5.74) is 5.30. The summed E-state index contributed by atoms with van der Waals surface area (Å²) in [7, 11) is 0. The predicted octanol–water partition coefficient (Wildman–Crippen LogP) is 0.890. The van der Waals surface area contributed by atoms with E-state index in [1.165, 1.54) is 33.7 Å². The summed E-state index contributed by atoms with van der Waals surface area (Å²) >= 11 is 1.10. The van der Waals surface area contributed by atoms with Crippen LogP contribution < -0.4 is 16.3 Å². The fourth-order valence-electron chi connectivity index (χ4n) is 3.01. The molecule has 1 fully saturated rings. The highest BCUT2D eigenvalue weighted by molar-refractivity contribution is 7.99. The molecule has 1 aromatic heterocycles. The van der Waals surface area contributed by atoms with Crippen molar-refractivity contribution < 1.29 is 18.7 Å². The Kier molecular flexibility index (Phi) is 7.04. The van der Waals surface area contributed by atoms with E-state index in [0.717, 1.165) is 24.6 Å². The molecule has 0 spiro atoms. The molecule has 1 unspecified atom stereocenters. The molecule has 2 heterocycles. The molecule has 3 rings (SSSR count). The zero-order valence-corrected chi connectivity index (χ0v) is 16.5. The number of H-pyrrole nitrogens is 1. The lowest BCUT2D eigenvalue weighted by atomic mass is 10.2. The molecule has 1 saturated heterocycles. The number of amides is 2. The van der Waals surface area contributed by atoms with E-state index < -0.39 is 11.7 Å². The van der Waals surface area contributed by atoms with Crippen molar-refractivity contribution in [2.24, 2.45) is 5.73 Å². The first-order chi connectivity index (χ1) is 13.9. The number of halogens is 1. The van der Waals surface area contributed by atoms with Crippen molar-refractivity contribution in [1.29, 1.82) is 0 Å². The number of aromatic nitrogens is 3. The van der Waals surface area contributed by atoms with Gasteiger partial charge in [0.05, 0.1) is 18.4 Å². The van der Waals surface area contributed by atoms with Crippen molar-refractivity contribution in [3.63, 3.8) is 0 Å². The second-order valence-electron chi connectivity index (χ2n) is 6.58. The summed E-state index contributed by atoms with van der Waals surface area (Å²) in [5, 5.41) is 6.76. The van der Waals surface area contributed by atoms with Gasteiger partial charge in [0.25, 0.3) is 0 Å². The molecule has 156 valence electrons. The van der Waals surface area contributed by atoms with Crippen molar-refractivity contribution in [1.82, 2.24) is 14.8 Å². The van der Waals surface area contributed by atoms with Crippen LogP contribution in [0.15, 0.2) is 34.2 Å². The van der Waals surface area contributed by atoms with Gasteiger partial charge in [-0.2, -0.15) is 0 Å². The summed E-state index contributed by atoms with van der Waals surface area (Å²) in [6, 6.07) is 5.39. The van der Waals surface area contributed by atoms with E-state index in [0.29, 0.717) is 24.0 Å². The molecule has 1 aromatic carbocycles. The Morgan fingerprint density at radius 3 is 2.79 bits per heavy atom. The Morgan fingerprint density at radius 2 is 2.14 bits per heavy atom. The van der Waals surface area contributed by atoms with E-state index in [1.807, 2.05) is 0 Å². The average molecular weight is 423 g/mol. The van der Waals surface area contributed by atoms with E-state index in [-0.39, 0.29) is 36.4 Å². The van der Waals surface area contributed by atoms with E-state index in [1.54, 1.807) is 0 Å². The van der Waals surface area contributed by atoms with Crippen LogP contribution in [0.5, 0.6) is 0 Å². The average Bonchev–Trinajstić information content (AvgIpc) is 3.32. The molecular weight excluding hydrogens is 401 g/mol. The monoisotopic (exact) mass is 423 g/mol. The lowest BCUT2D eigenvalue weighted by molar-refractivity contribution is -0.118. The third kappa shape index (κ3) is 5.67. The molecule has 0 aliphatic carbocycles. The molecule has 0 radical (unpaired) electrons. The van der Waals surface area contributed by atoms with Crippen molar-refractivity contribution in [2.75, 3.05) is 23.8 Å². The fourth-order valence-corrected chi connectivity index (χ4v) is 3.84. The number of primary amides is 1. The minimum atomic E-state index is -0.546. The van der Waals surface area contributed by atoms with E-state index in [2.05, 4.69) is 10.2 Å². The lowest BCUT2D eigenvalue weighted by Gasteiger charge is -2.22. The molecule has 1 atom stereocenters. The lowest BCUT2D eigenvalue weighted by Crippen LogP contribution is -2.35. The van der Waals surface area contributed by atoms with E-state index in [4.69, 9.17) is 10.5 Å². The molecular formula is C18H22FN5O4S. The van der Waals surface area contributed by atoms with Gasteiger partial charge in [-0.05, 0) is 37.1 Å². The summed E-state index contributed by atoms with van der Waals surface area (Å²) in [6.07, 6.45) is 1.74. The van der Waals surface area contributed by atoms with Crippen LogP contribution in [0.3, 0.4) is 0 Å². The van der Waals surface area contributed by atoms with Crippen LogP contribution in [0, 0.1) is 5.82 Å². The zero-order chi connectivity index (χ0) is 20.8. The highest BCUT2D eigenvalue weighted by Crippen LogP contribution is 2.21. The first kappa shape index (κ1) is 21.1. The smallest absolute Gasteiger partial charge is 0.344 e. The Morgan fingerprint density at radius 1 is 1.38 bits per heavy atom. The number of nitrogens with one attached hydrogen (secondary N) is 1. The van der Waals surface area contributed by atoms with Gasteiger partial charge in [-0.3, -0.25) is 14.2 Å². The Balaban J connectivity index is 1.68. The largest absolute Gasteiger partial charge is 0.376 e. The van der Waals surface area contributed by atoms with Gasteiger partial charge in [-0.25, -0.2) is 14.3 Å². The van der Waals surface area contributed by atoms with Gasteiger partial charge in [-0.15, -0.1) is 5.10 Å². The SMILES string of the molecule is NC(=O)CCN(C(=O)CSc1n[nH]c(=O)n1CC1CCCO1)c1ccc(F)cc1. The second-order valence-corrected chi connectivity index (χ2v) is 7.53. The summed E-state index contributed by atoms with van der Waals surface area (Å²) in [6.45, 7) is 1.11. The number of carbonyl (C=O) groups excluding carboxylic acids is 2. The number of anilines is 1. The highest BCUT2D eigenvalue weighted by atomic mass is 32.2. The quantitative estimate of drug-likeness (QED) is 0.578. The summed E-state index contributed by atoms with van der Waals surface area (Å²) in [5.74, 6) is -1.32. The minimum Gasteiger partial charge on any atom is -0.376 e. The normalized spacial score (nSPS) is 16.1. The molecule has 2 amide bonds. The molecule has 0 bridgehead atoms. The maximum absolute atomic E-state index is 13.2. The number of nitrogens with two attached hydrogens (primary N) is 1. The van der Waals surface area contributed by atoms with Crippen LogP contribution in [-0.2, 0) is 20.9 Å². The molecule has 9 nitrogen and oxygen atoms in total. The number of aromatic amines is 1. The third-order valence-electron chi connectivity index (χ3n) is 4.48. The molecule has 2 aromatic rings. The number of rotatable bonds is 9. The zero-order valence-electron chi connectivity index (χ0n) is 15.7. The first-order valence-corrected chi connectivity index (χ1v) is 10.2. The topological polar surface area (TPSA) is 123 Å². The summed E-state index contributed by atoms with van der Waals surface area (Å²) in [4.78, 5) is 37.3. The number of ether oxygens (including phenoxy) is 1. The van der Waals surface area contributed by atoms with Crippen LogP contribution in [-0.4, -0.2) is 51.6 Å². The van der Waals surface area contributed by atoms with Gasteiger partial charge in [-0.1, -0.05) is 11.8 Å². The number of carbonyl (C=O) groups is 2. The van der Waals surface area contributed by atoms with E-state index >= 15 is 0 Å². The number of thioether (sulfide) groups is 1. The Bertz CT molecular complexity index is 908. The van der Waals surface area contributed by atoms with Crippen LogP contribution in [0.4, 0.5) is 10.1 Å². The number of nitrogens with zero attached hydrogens (tertiary/aromatic N) is 3. The predicted molar refractivity (Wildman–Crippen MR) is 105 cm³/mol. The molecule has 0 saturated carbocycles. The van der Waals surface area contributed by atoms with Gasteiger partial charge < -0.3 is 15.4 Å². The van der Waals surface area contributed by atoms with Gasteiger partial charge in [0.1, 0.15) is 5.82 Å². The van der Waals surface area contributed by atoms with Gasteiger partial charge in [0.15, 0.2) is 5.16 Å². The fraction of sp³-hybridized carbons (Fsp3) is 0.444. The van der Waals surface area contributed by atoms with Crippen molar-refractivity contribution in [3.05, 3.63) is 40.6 Å². The Hall–Kier alpha value is -2.66. The number of hydrogen-bond acceptors (Lipinski definition) is 6. The third-order valence-corrected chi connectivity index (χ3v) is 5.44. The van der Waals surface area contributed by atoms with Crippen LogP contribution in [0.1, 0.15) is 19.3 Å². The van der Waals surface area contributed by atoms with Crippen molar-refractivity contribution in [2.45, 2.75) is 37.1 Å². The molecule has 1 aliphatic rings. The molecule has 29 heavy (non-hydrogen) atoms. The highest BCUT2D eigenvalue weighted by Gasteiger charge is 2.22. The summed E-state index contributed by atoms with van der Waals surface area (Å²) < 4.78 is 20.2. The molecule has 11 heteroatoms. The maximum Gasteiger partial charge on any atom is 0.344 e. The van der Waals surface area contributed by atoms with Gasteiger partial charge in [0.2, 0.25) is 11.8 Å². The van der Waals surface area contributed by atoms with Gasteiger partial charge >= 0.3 is 5.69 Å². The van der Waals surface area contributed by atoms with Crippen molar-refractivity contribution in [3.8, 4) is 0 Å². The standard InChI is InChI=1S/C18H22FN5O4S/c19-12-3-5-13(6-4-12)23(8-7-15(20)25)16(26)11-29-18-22-21-17(27)24(18)10-14-2-1-9-28-14/h3-6,14H,1-2,7-11H2,(H2,20,25)(H,21,27). The first-order valence-electron chi connectivity index (χ1n) is 9.18. The molecule has 3 N–H and O–H groups in total. The van der Waals surface area contributed by atoms with Crippen LogP contribution >= 0.6 is 11.8 Å². The Labute approximate surface area is 170 Å². The number of hydrogen-bond donors (Lipinski definition) is 2. The maximum atomic E-state index is 13.2. The van der Waals surface area contributed by atoms with Crippen molar-refractivity contribution >= 4 is 29.3 Å². The van der Waals surface area contributed by atoms with Crippen LogP contribution in [0.2, 0.25) is 0 Å². The minimum absolute atomic E-state index is 0.0219. The van der Waals surface area contributed by atoms with Crippen LogP contribution in [0.25, 0.3) is 0 Å². The second kappa shape index (κ2) is 9.70. The van der Waals surface area contributed by atoms with E-state index in [9.17, 15) is 18.8 Å². The number of benzene rings is 1.